The summed E-state index contributed by atoms with van der Waals surface area (Å²) in [7, 11) is -3.61. The summed E-state index contributed by atoms with van der Waals surface area (Å²) in [5, 5.41) is 1.34. The highest BCUT2D eigenvalue weighted by molar-refractivity contribution is 7.89. The van der Waals surface area contributed by atoms with Crippen molar-refractivity contribution in [1.82, 2.24) is 9.37 Å². The SMILES string of the molecule is CCCN(OCc1ccc(N)cc1)C(=O)C1=Cc2ccc(S(=O)(=O)N3CCCCC3)cc2N=C(N)C1. The van der Waals surface area contributed by atoms with Crippen molar-refractivity contribution in [2.75, 3.05) is 25.4 Å². The molecule has 1 saturated heterocycles. The number of carbonyl (C=O) groups is 1. The fourth-order valence-electron chi connectivity index (χ4n) is 4.28. The van der Waals surface area contributed by atoms with Gasteiger partial charge in [0.15, 0.2) is 0 Å². The molecule has 2 heterocycles. The third-order valence-electron chi connectivity index (χ3n) is 6.21. The summed E-state index contributed by atoms with van der Waals surface area (Å²) in [5.74, 6) is -0.0702. The molecule has 36 heavy (non-hydrogen) atoms. The van der Waals surface area contributed by atoms with E-state index in [1.54, 1.807) is 30.3 Å². The topological polar surface area (TPSA) is 131 Å². The molecule has 9 nitrogen and oxygen atoms in total. The Kier molecular flexibility index (Phi) is 8.07. The van der Waals surface area contributed by atoms with E-state index in [0.717, 1.165) is 24.8 Å². The van der Waals surface area contributed by atoms with Gasteiger partial charge < -0.3 is 11.5 Å². The maximum Gasteiger partial charge on any atom is 0.273 e. The van der Waals surface area contributed by atoms with E-state index in [-0.39, 0.29) is 29.7 Å². The van der Waals surface area contributed by atoms with E-state index in [1.807, 2.05) is 19.1 Å². The number of hydrogen-bond donors (Lipinski definition) is 2. The molecule has 4 N–H and O–H groups in total. The molecule has 0 aromatic heterocycles. The average Bonchev–Trinajstić information content (AvgIpc) is 3.05. The second kappa shape index (κ2) is 11.2. The van der Waals surface area contributed by atoms with Crippen LogP contribution in [0, 0.1) is 0 Å². The van der Waals surface area contributed by atoms with Crippen molar-refractivity contribution in [2.45, 2.75) is 50.5 Å². The van der Waals surface area contributed by atoms with Crippen LogP contribution in [-0.4, -0.2) is 49.2 Å². The second-order valence-corrected chi connectivity index (χ2v) is 11.0. The van der Waals surface area contributed by atoms with E-state index >= 15 is 0 Å². The molecule has 0 unspecified atom stereocenters. The molecule has 1 amide bonds. The molecule has 4 rings (SSSR count). The van der Waals surface area contributed by atoms with Gasteiger partial charge in [-0.1, -0.05) is 31.5 Å². The molecule has 2 aliphatic rings. The number of amidine groups is 1. The molecular formula is C26H33N5O4S. The van der Waals surface area contributed by atoms with Crippen molar-refractivity contribution in [3.8, 4) is 0 Å². The number of rotatable bonds is 8. The predicted molar refractivity (Wildman–Crippen MR) is 141 cm³/mol. The van der Waals surface area contributed by atoms with Gasteiger partial charge in [-0.15, -0.1) is 0 Å². The van der Waals surface area contributed by atoms with Crippen LogP contribution >= 0.6 is 0 Å². The number of aliphatic imine (C=N–C) groups is 1. The van der Waals surface area contributed by atoms with Crippen LogP contribution in [0.4, 0.5) is 11.4 Å². The summed E-state index contributed by atoms with van der Waals surface area (Å²) < 4.78 is 27.8. The summed E-state index contributed by atoms with van der Waals surface area (Å²) in [6.07, 6.45) is 5.31. The summed E-state index contributed by atoms with van der Waals surface area (Å²) in [6.45, 7) is 3.63. The number of hydroxylamine groups is 2. The summed E-state index contributed by atoms with van der Waals surface area (Å²) in [6, 6.07) is 12.1. The van der Waals surface area contributed by atoms with Gasteiger partial charge in [0.2, 0.25) is 10.0 Å². The molecule has 2 aliphatic heterocycles. The monoisotopic (exact) mass is 511 g/mol. The predicted octanol–water partition coefficient (Wildman–Crippen LogP) is 3.59. The summed E-state index contributed by atoms with van der Waals surface area (Å²) in [5.41, 5.74) is 14.9. The molecule has 2 aromatic carbocycles. The number of nitrogen functional groups attached to an aromatic ring is 1. The standard InChI is InChI=1S/C26H33N5O4S/c1-2-12-31(35-18-19-6-9-22(27)10-7-19)26(32)21-15-20-8-11-23(17-24(20)29-25(28)16-21)36(33,34)30-13-4-3-5-14-30/h6-11,15,17H,2-5,12-14,16,18,27H2,1H3,(H2,28,29). The molecule has 1 fully saturated rings. The van der Waals surface area contributed by atoms with Crippen LogP contribution < -0.4 is 11.5 Å². The number of sulfonamides is 1. The zero-order valence-corrected chi connectivity index (χ0v) is 21.3. The number of nitrogens with two attached hydrogens (primary N) is 2. The zero-order valence-electron chi connectivity index (χ0n) is 20.5. The van der Waals surface area contributed by atoms with Gasteiger partial charge in [0, 0.05) is 42.9 Å². The fourth-order valence-corrected chi connectivity index (χ4v) is 5.81. The maximum atomic E-state index is 13.4. The van der Waals surface area contributed by atoms with Crippen LogP contribution in [0.1, 0.15) is 50.2 Å². The Hall–Kier alpha value is -3.21. The van der Waals surface area contributed by atoms with E-state index < -0.39 is 10.0 Å². The Balaban J connectivity index is 1.57. The molecule has 0 bridgehead atoms. The van der Waals surface area contributed by atoms with Gasteiger partial charge in [-0.3, -0.25) is 9.63 Å². The Morgan fingerprint density at radius 3 is 2.50 bits per heavy atom. The van der Waals surface area contributed by atoms with Crippen LogP contribution in [-0.2, 0) is 26.3 Å². The first-order chi connectivity index (χ1) is 17.3. The number of nitrogens with zero attached hydrogens (tertiary/aromatic N) is 3. The summed E-state index contributed by atoms with van der Waals surface area (Å²) in [4.78, 5) is 23.9. The second-order valence-electron chi connectivity index (χ2n) is 9.06. The van der Waals surface area contributed by atoms with Crippen LogP contribution in [0.15, 0.2) is 57.9 Å². The third-order valence-corrected chi connectivity index (χ3v) is 8.11. The van der Waals surface area contributed by atoms with Gasteiger partial charge in [0.05, 0.1) is 10.6 Å². The lowest BCUT2D eigenvalue weighted by Crippen LogP contribution is -2.35. The number of piperidine rings is 1. The Bertz CT molecular complexity index is 1270. The van der Waals surface area contributed by atoms with Gasteiger partial charge in [-0.2, -0.15) is 4.31 Å². The van der Waals surface area contributed by atoms with Crippen LogP contribution in [0.3, 0.4) is 0 Å². The van der Waals surface area contributed by atoms with Gasteiger partial charge in [-0.05, 0) is 55.2 Å². The van der Waals surface area contributed by atoms with Crippen molar-refractivity contribution >= 4 is 39.2 Å². The number of amides is 1. The van der Waals surface area contributed by atoms with Crippen LogP contribution in [0.25, 0.3) is 6.08 Å². The zero-order chi connectivity index (χ0) is 25.7. The van der Waals surface area contributed by atoms with E-state index in [1.165, 1.54) is 15.4 Å². The molecule has 2 aromatic rings. The molecule has 0 saturated carbocycles. The van der Waals surface area contributed by atoms with Crippen molar-refractivity contribution in [3.05, 3.63) is 59.2 Å². The Morgan fingerprint density at radius 1 is 1.08 bits per heavy atom. The third kappa shape index (κ3) is 5.95. The minimum absolute atomic E-state index is 0.132. The first-order valence-corrected chi connectivity index (χ1v) is 13.7. The molecule has 0 radical (unpaired) electrons. The van der Waals surface area contributed by atoms with Gasteiger partial charge >= 0.3 is 0 Å². The van der Waals surface area contributed by atoms with Crippen molar-refractivity contribution in [1.29, 1.82) is 0 Å². The van der Waals surface area contributed by atoms with Crippen molar-refractivity contribution < 1.29 is 18.0 Å². The van der Waals surface area contributed by atoms with Gasteiger partial charge in [0.25, 0.3) is 5.91 Å². The van der Waals surface area contributed by atoms with E-state index in [9.17, 15) is 13.2 Å². The number of hydrogen-bond acceptors (Lipinski definition) is 7. The Labute approximate surface area is 212 Å². The van der Waals surface area contributed by atoms with Gasteiger partial charge in [0.1, 0.15) is 12.4 Å². The number of fused-ring (bicyclic) bond motifs is 1. The summed E-state index contributed by atoms with van der Waals surface area (Å²) >= 11 is 0. The average molecular weight is 512 g/mol. The molecule has 0 aliphatic carbocycles. The molecule has 0 atom stereocenters. The first kappa shape index (κ1) is 25.9. The normalized spacial score (nSPS) is 16.5. The lowest BCUT2D eigenvalue weighted by atomic mass is 10.1. The van der Waals surface area contributed by atoms with Crippen LogP contribution in [0.2, 0.25) is 0 Å². The molecule has 192 valence electrons. The molecule has 0 spiro atoms. The van der Waals surface area contributed by atoms with Crippen LogP contribution in [0.5, 0.6) is 0 Å². The highest BCUT2D eigenvalue weighted by atomic mass is 32.2. The smallest absolute Gasteiger partial charge is 0.273 e. The molecule has 10 heteroatoms. The highest BCUT2D eigenvalue weighted by Gasteiger charge is 2.28. The van der Waals surface area contributed by atoms with Crippen molar-refractivity contribution in [2.24, 2.45) is 10.7 Å². The van der Waals surface area contributed by atoms with Crippen molar-refractivity contribution in [3.63, 3.8) is 0 Å². The number of carbonyl (C=O) groups excluding carboxylic acids is 1. The first-order valence-electron chi connectivity index (χ1n) is 12.2. The highest BCUT2D eigenvalue weighted by Crippen LogP contribution is 2.31. The fraction of sp³-hybridized carbons (Fsp3) is 0.385. The lowest BCUT2D eigenvalue weighted by molar-refractivity contribution is -0.187. The number of benzene rings is 2. The van der Waals surface area contributed by atoms with E-state index in [4.69, 9.17) is 16.3 Å². The lowest BCUT2D eigenvalue weighted by Gasteiger charge is -2.26. The minimum atomic E-state index is -3.61. The minimum Gasteiger partial charge on any atom is -0.399 e. The maximum absolute atomic E-state index is 13.4. The quantitative estimate of drug-likeness (QED) is 0.411. The van der Waals surface area contributed by atoms with Gasteiger partial charge in [-0.25, -0.2) is 18.5 Å². The number of anilines is 1. The molecular weight excluding hydrogens is 478 g/mol. The van der Waals surface area contributed by atoms with E-state index in [0.29, 0.717) is 48.6 Å². The Morgan fingerprint density at radius 2 is 1.81 bits per heavy atom. The largest absolute Gasteiger partial charge is 0.399 e. The van der Waals surface area contributed by atoms with E-state index in [2.05, 4.69) is 4.99 Å².